The highest BCUT2D eigenvalue weighted by molar-refractivity contribution is 5.73. The van der Waals surface area contributed by atoms with Crippen LogP contribution in [0.3, 0.4) is 0 Å². The molecule has 2 aromatic carbocycles. The molecule has 0 atom stereocenters. The first-order valence-electron chi connectivity index (χ1n) is 8.91. The maximum absolute atomic E-state index is 13.2. The van der Waals surface area contributed by atoms with E-state index in [1.54, 1.807) is 6.07 Å². The van der Waals surface area contributed by atoms with E-state index in [9.17, 15) is 9.18 Å². The highest BCUT2D eigenvalue weighted by Crippen LogP contribution is 2.17. The van der Waals surface area contributed by atoms with Crippen molar-refractivity contribution in [3.63, 3.8) is 0 Å². The third-order valence-corrected chi connectivity index (χ3v) is 4.46. The van der Waals surface area contributed by atoms with Crippen molar-refractivity contribution in [1.82, 2.24) is 20.4 Å². The fourth-order valence-electron chi connectivity index (χ4n) is 3.00. The lowest BCUT2D eigenvalue weighted by molar-refractivity contribution is 0.240. The molecule has 0 aliphatic carbocycles. The summed E-state index contributed by atoms with van der Waals surface area (Å²) in [6.07, 6.45) is 0.579. The summed E-state index contributed by atoms with van der Waals surface area (Å²) in [5, 5.41) is 10.2. The molecule has 1 heterocycles. The lowest BCUT2D eigenvalue weighted by atomic mass is 10.1. The van der Waals surface area contributed by atoms with Gasteiger partial charge < -0.3 is 10.6 Å². The second-order valence-electron chi connectivity index (χ2n) is 6.39. The molecular formula is C21H23FN4O. The monoisotopic (exact) mass is 366 g/mol. The number of carbonyl (C=O) groups excluding carboxylic acids is 1. The number of aryl methyl sites for hydroxylation is 1. The van der Waals surface area contributed by atoms with E-state index in [-0.39, 0.29) is 11.8 Å². The van der Waals surface area contributed by atoms with Crippen LogP contribution in [0.4, 0.5) is 9.18 Å². The predicted molar refractivity (Wildman–Crippen MR) is 103 cm³/mol. The summed E-state index contributed by atoms with van der Waals surface area (Å²) in [7, 11) is 0. The Morgan fingerprint density at radius 3 is 2.59 bits per heavy atom. The van der Waals surface area contributed by atoms with Gasteiger partial charge in [-0.2, -0.15) is 5.10 Å². The normalized spacial score (nSPS) is 10.6. The summed E-state index contributed by atoms with van der Waals surface area (Å²) in [6.45, 7) is 4.77. The Labute approximate surface area is 158 Å². The quantitative estimate of drug-likeness (QED) is 0.699. The van der Waals surface area contributed by atoms with E-state index in [1.165, 1.54) is 12.1 Å². The van der Waals surface area contributed by atoms with Gasteiger partial charge in [-0.3, -0.25) is 0 Å². The number of carbonyl (C=O) groups is 1. The number of nitrogens with one attached hydrogen (secondary N) is 2. The van der Waals surface area contributed by atoms with Crippen LogP contribution in [0, 0.1) is 19.7 Å². The second-order valence-corrected chi connectivity index (χ2v) is 6.39. The molecule has 27 heavy (non-hydrogen) atoms. The molecule has 2 N–H and O–H groups in total. The molecule has 0 saturated carbocycles. The Hall–Kier alpha value is -3.15. The first-order valence-corrected chi connectivity index (χ1v) is 8.91. The van der Waals surface area contributed by atoms with Gasteiger partial charge in [0.2, 0.25) is 0 Å². The van der Waals surface area contributed by atoms with Crippen LogP contribution in [0.5, 0.6) is 0 Å². The van der Waals surface area contributed by atoms with Crippen LogP contribution < -0.4 is 10.6 Å². The fraction of sp³-hybridized carbons (Fsp3) is 0.238. The molecule has 0 saturated heterocycles. The third kappa shape index (κ3) is 4.73. The molecule has 6 heteroatoms. The minimum atomic E-state index is -0.265. The van der Waals surface area contributed by atoms with Crippen LogP contribution in [-0.4, -0.2) is 22.4 Å². The standard InChI is InChI=1S/C21H23FN4O/c1-15-20(16(2)26(25-15)19-9-4-3-5-10-19)14-24-21(27)23-12-11-17-7-6-8-18(22)13-17/h3-10,13H,11-12,14H2,1-2H3,(H2,23,24,27). The van der Waals surface area contributed by atoms with Gasteiger partial charge in [-0.1, -0.05) is 30.3 Å². The molecule has 0 spiro atoms. The topological polar surface area (TPSA) is 59.0 Å². The van der Waals surface area contributed by atoms with E-state index in [2.05, 4.69) is 15.7 Å². The lowest BCUT2D eigenvalue weighted by Crippen LogP contribution is -2.36. The molecule has 1 aromatic heterocycles. The van der Waals surface area contributed by atoms with Gasteiger partial charge >= 0.3 is 6.03 Å². The maximum Gasteiger partial charge on any atom is 0.315 e. The van der Waals surface area contributed by atoms with Crippen molar-refractivity contribution in [2.75, 3.05) is 6.54 Å². The predicted octanol–water partition coefficient (Wildman–Crippen LogP) is 3.67. The van der Waals surface area contributed by atoms with Gasteiger partial charge in [-0.15, -0.1) is 0 Å². The number of nitrogens with zero attached hydrogens (tertiary/aromatic N) is 2. The van der Waals surface area contributed by atoms with Crippen molar-refractivity contribution >= 4 is 6.03 Å². The number of hydrogen-bond donors (Lipinski definition) is 2. The maximum atomic E-state index is 13.2. The largest absolute Gasteiger partial charge is 0.338 e. The van der Waals surface area contributed by atoms with Crippen molar-refractivity contribution in [3.05, 3.63) is 82.9 Å². The zero-order chi connectivity index (χ0) is 19.2. The van der Waals surface area contributed by atoms with Gasteiger partial charge in [0.05, 0.1) is 11.4 Å². The summed E-state index contributed by atoms with van der Waals surface area (Å²) in [5.74, 6) is -0.265. The molecular weight excluding hydrogens is 343 g/mol. The first-order chi connectivity index (χ1) is 13.0. The highest BCUT2D eigenvalue weighted by Gasteiger charge is 2.13. The zero-order valence-electron chi connectivity index (χ0n) is 15.5. The van der Waals surface area contributed by atoms with Crippen molar-refractivity contribution in [2.24, 2.45) is 0 Å². The highest BCUT2D eigenvalue weighted by atomic mass is 19.1. The summed E-state index contributed by atoms with van der Waals surface area (Å²) in [4.78, 5) is 12.0. The van der Waals surface area contributed by atoms with Gasteiger partial charge in [0.15, 0.2) is 0 Å². The molecule has 0 bridgehead atoms. The van der Waals surface area contributed by atoms with Gasteiger partial charge in [0.25, 0.3) is 0 Å². The van der Waals surface area contributed by atoms with E-state index in [4.69, 9.17) is 0 Å². The molecule has 2 amide bonds. The van der Waals surface area contributed by atoms with Gasteiger partial charge in [-0.25, -0.2) is 13.9 Å². The Bertz CT molecular complexity index is 921. The molecule has 3 rings (SSSR count). The summed E-state index contributed by atoms with van der Waals surface area (Å²) in [6, 6.07) is 16.0. The van der Waals surface area contributed by atoms with E-state index >= 15 is 0 Å². The van der Waals surface area contributed by atoms with Crippen molar-refractivity contribution in [2.45, 2.75) is 26.8 Å². The summed E-state index contributed by atoms with van der Waals surface area (Å²) < 4.78 is 15.0. The molecule has 0 unspecified atom stereocenters. The number of para-hydroxylation sites is 1. The Balaban J connectivity index is 1.54. The third-order valence-electron chi connectivity index (χ3n) is 4.46. The second kappa shape index (κ2) is 8.49. The number of urea groups is 1. The summed E-state index contributed by atoms with van der Waals surface area (Å²) >= 11 is 0. The molecule has 0 aliphatic rings. The number of halogens is 1. The number of benzene rings is 2. The fourth-order valence-corrected chi connectivity index (χ4v) is 3.00. The smallest absolute Gasteiger partial charge is 0.315 e. The van der Waals surface area contributed by atoms with Crippen LogP contribution in [0.25, 0.3) is 5.69 Å². The van der Waals surface area contributed by atoms with Crippen LogP contribution in [0.2, 0.25) is 0 Å². The van der Waals surface area contributed by atoms with E-state index in [1.807, 2.05) is 54.9 Å². The van der Waals surface area contributed by atoms with E-state index in [0.717, 1.165) is 28.2 Å². The molecule has 0 aliphatic heterocycles. The molecule has 140 valence electrons. The minimum absolute atomic E-state index is 0.252. The van der Waals surface area contributed by atoms with Gasteiger partial charge in [0, 0.05) is 24.3 Å². The zero-order valence-corrected chi connectivity index (χ0v) is 15.5. The molecule has 0 fully saturated rings. The van der Waals surface area contributed by atoms with E-state index < -0.39 is 0 Å². The molecule has 5 nitrogen and oxygen atoms in total. The Kier molecular flexibility index (Phi) is 5.86. The first kappa shape index (κ1) is 18.6. The molecule has 3 aromatic rings. The van der Waals surface area contributed by atoms with E-state index in [0.29, 0.717) is 19.5 Å². The number of amides is 2. The van der Waals surface area contributed by atoms with Crippen molar-refractivity contribution < 1.29 is 9.18 Å². The number of hydrogen-bond acceptors (Lipinski definition) is 2. The average molecular weight is 366 g/mol. The van der Waals surface area contributed by atoms with Crippen molar-refractivity contribution in [1.29, 1.82) is 0 Å². The van der Waals surface area contributed by atoms with Gasteiger partial charge in [-0.05, 0) is 50.1 Å². The Morgan fingerprint density at radius 1 is 1.07 bits per heavy atom. The van der Waals surface area contributed by atoms with Crippen LogP contribution >= 0.6 is 0 Å². The van der Waals surface area contributed by atoms with Crippen LogP contribution in [0.15, 0.2) is 54.6 Å². The lowest BCUT2D eigenvalue weighted by Gasteiger charge is -2.09. The van der Waals surface area contributed by atoms with Gasteiger partial charge in [0.1, 0.15) is 5.82 Å². The SMILES string of the molecule is Cc1nn(-c2ccccc2)c(C)c1CNC(=O)NCCc1cccc(F)c1. The number of aromatic nitrogens is 2. The summed E-state index contributed by atoms with van der Waals surface area (Å²) in [5.41, 5.74) is 4.73. The van der Waals surface area contributed by atoms with Crippen LogP contribution in [0.1, 0.15) is 22.5 Å². The van der Waals surface area contributed by atoms with Crippen molar-refractivity contribution in [3.8, 4) is 5.69 Å². The molecule has 0 radical (unpaired) electrons. The minimum Gasteiger partial charge on any atom is -0.338 e. The Morgan fingerprint density at radius 2 is 1.85 bits per heavy atom. The average Bonchev–Trinajstić information content (AvgIpc) is 2.95. The van der Waals surface area contributed by atoms with Crippen LogP contribution in [-0.2, 0) is 13.0 Å². The number of rotatable bonds is 6.